The van der Waals surface area contributed by atoms with Gasteiger partial charge < -0.3 is 4.90 Å². The number of carbonyl (C=O) groups excluding carboxylic acids is 1. The number of fused-ring (bicyclic) bond motifs is 3. The Kier molecular flexibility index (Phi) is 8.90. The number of hydrogen-bond acceptors (Lipinski definition) is 6. The van der Waals surface area contributed by atoms with Crippen LogP contribution >= 0.6 is 0 Å². The van der Waals surface area contributed by atoms with Crippen LogP contribution in [-0.4, -0.2) is 62.8 Å². The van der Waals surface area contributed by atoms with E-state index in [0.29, 0.717) is 18.2 Å². The molecule has 0 bridgehead atoms. The molecular formula is C30H23F11N2O5S2. The van der Waals surface area contributed by atoms with E-state index in [1.165, 1.54) is 0 Å². The molecular weight excluding hydrogens is 741 g/mol. The fourth-order valence-electron chi connectivity index (χ4n) is 6.58. The van der Waals surface area contributed by atoms with Gasteiger partial charge in [0.15, 0.2) is 14.9 Å². The average molecular weight is 765 g/mol. The Hall–Kier alpha value is -3.81. The van der Waals surface area contributed by atoms with Crippen LogP contribution in [0.5, 0.6) is 0 Å². The van der Waals surface area contributed by atoms with Crippen LogP contribution in [0.15, 0.2) is 70.7 Å². The van der Waals surface area contributed by atoms with Gasteiger partial charge in [0.05, 0.1) is 16.5 Å². The molecule has 0 N–H and O–H groups in total. The molecule has 2 heterocycles. The van der Waals surface area contributed by atoms with Gasteiger partial charge in [-0.25, -0.2) is 30.6 Å². The number of halogens is 11. The van der Waals surface area contributed by atoms with E-state index in [0.717, 1.165) is 36.1 Å². The van der Waals surface area contributed by atoms with E-state index in [9.17, 15) is 65.5 Å². The Balaban J connectivity index is 1.63. The second-order valence-electron chi connectivity index (χ2n) is 11.8. The fraction of sp³-hybridized carbons (Fsp3) is 0.400. The molecule has 50 heavy (non-hydrogen) atoms. The molecule has 7 nitrogen and oxygen atoms in total. The lowest BCUT2D eigenvalue weighted by molar-refractivity contribution is -0.348. The first-order valence-electron chi connectivity index (χ1n) is 14.4. The van der Waals surface area contributed by atoms with Crippen LogP contribution < -0.4 is 0 Å². The van der Waals surface area contributed by atoms with Crippen molar-refractivity contribution in [1.82, 2.24) is 9.88 Å². The number of amides is 1. The summed E-state index contributed by atoms with van der Waals surface area (Å²) in [7, 11) is -9.68. The standard InChI is InChI=1S/C30H23F11N2O5S2/c1-16(49(45,46)24-11-4-19(15-42-24)28(33,34)35)25(44)43-13-12-26(50(47,48)21-7-5-20(31)6-8-21)22-9-3-18(14-17(22)2-10-23(26)43)27(32,29(36,37)38)30(39,40)41/h3-9,11,14-16,23H,2,10,12-13H2,1H3/t16?,23-,26-/m1/s1. The highest BCUT2D eigenvalue weighted by Gasteiger charge is 2.74. The van der Waals surface area contributed by atoms with E-state index in [1.807, 2.05) is 0 Å². The molecule has 1 unspecified atom stereocenters. The van der Waals surface area contributed by atoms with E-state index in [-0.39, 0.29) is 23.9 Å². The number of hydrogen-bond donors (Lipinski definition) is 0. The van der Waals surface area contributed by atoms with Crippen LogP contribution in [0, 0.1) is 5.82 Å². The number of alkyl halides is 10. The zero-order valence-corrected chi connectivity index (χ0v) is 26.8. The maximum absolute atomic E-state index is 15.0. The Morgan fingerprint density at radius 2 is 1.44 bits per heavy atom. The summed E-state index contributed by atoms with van der Waals surface area (Å²) in [4.78, 5) is 17.4. The molecule has 2 aliphatic rings. The van der Waals surface area contributed by atoms with Gasteiger partial charge in [0, 0.05) is 18.3 Å². The van der Waals surface area contributed by atoms with Crippen LogP contribution in [-0.2, 0) is 47.5 Å². The van der Waals surface area contributed by atoms with Crippen molar-refractivity contribution in [3.8, 4) is 0 Å². The minimum atomic E-state index is -6.48. The molecule has 0 spiro atoms. The van der Waals surface area contributed by atoms with Crippen LogP contribution in [0.3, 0.4) is 0 Å². The van der Waals surface area contributed by atoms with Gasteiger partial charge in [-0.15, -0.1) is 0 Å². The van der Waals surface area contributed by atoms with Crippen molar-refractivity contribution in [3.05, 3.63) is 88.9 Å². The van der Waals surface area contributed by atoms with Gasteiger partial charge in [-0.05, 0) is 73.7 Å². The van der Waals surface area contributed by atoms with Gasteiger partial charge in [-0.2, -0.15) is 39.5 Å². The fourth-order valence-corrected chi connectivity index (χ4v) is 10.2. The van der Waals surface area contributed by atoms with Crippen molar-refractivity contribution in [2.45, 2.75) is 76.3 Å². The molecule has 0 radical (unpaired) electrons. The number of carbonyl (C=O) groups is 1. The number of sulfone groups is 2. The van der Waals surface area contributed by atoms with Gasteiger partial charge in [0.1, 0.15) is 15.8 Å². The minimum absolute atomic E-state index is 0.137. The van der Waals surface area contributed by atoms with Crippen molar-refractivity contribution in [1.29, 1.82) is 0 Å². The number of rotatable bonds is 6. The highest BCUT2D eigenvalue weighted by Crippen LogP contribution is 2.57. The second-order valence-corrected chi connectivity index (χ2v) is 16.2. The Bertz CT molecular complexity index is 2020. The molecule has 0 saturated carbocycles. The van der Waals surface area contributed by atoms with Crippen molar-refractivity contribution in [2.75, 3.05) is 6.54 Å². The topological polar surface area (TPSA) is 101 Å². The molecule has 20 heteroatoms. The molecule has 272 valence electrons. The second kappa shape index (κ2) is 11.9. The number of pyridine rings is 1. The summed E-state index contributed by atoms with van der Waals surface area (Å²) in [5.74, 6) is -2.10. The first kappa shape index (κ1) is 37.4. The Morgan fingerprint density at radius 3 is 1.96 bits per heavy atom. The van der Waals surface area contributed by atoms with Crippen LogP contribution in [0.1, 0.15) is 42.0 Å². The number of likely N-dealkylation sites (tertiary alicyclic amines) is 1. The monoisotopic (exact) mass is 764 g/mol. The van der Waals surface area contributed by atoms with E-state index >= 15 is 4.39 Å². The Morgan fingerprint density at radius 1 is 0.860 bits per heavy atom. The van der Waals surface area contributed by atoms with E-state index < -0.39 is 124 Å². The maximum atomic E-state index is 15.0. The predicted octanol–water partition coefficient (Wildman–Crippen LogP) is 6.61. The lowest BCUT2D eigenvalue weighted by Gasteiger charge is -2.43. The molecule has 1 amide bonds. The zero-order valence-electron chi connectivity index (χ0n) is 25.2. The summed E-state index contributed by atoms with van der Waals surface area (Å²) in [5.41, 5.74) is -9.82. The van der Waals surface area contributed by atoms with E-state index in [2.05, 4.69) is 4.98 Å². The molecule has 5 rings (SSSR count). The van der Waals surface area contributed by atoms with Gasteiger partial charge in [-0.1, -0.05) is 18.2 Å². The van der Waals surface area contributed by atoms with Crippen molar-refractivity contribution < 1.29 is 69.9 Å². The highest BCUT2D eigenvalue weighted by molar-refractivity contribution is 7.93. The van der Waals surface area contributed by atoms with Crippen molar-refractivity contribution in [3.63, 3.8) is 0 Å². The van der Waals surface area contributed by atoms with Crippen LogP contribution in [0.2, 0.25) is 0 Å². The highest BCUT2D eigenvalue weighted by atomic mass is 32.2. The summed E-state index contributed by atoms with van der Waals surface area (Å²) < 4.78 is 202. The van der Waals surface area contributed by atoms with E-state index in [1.54, 1.807) is 0 Å². The first-order chi connectivity index (χ1) is 22.8. The molecule has 1 aromatic heterocycles. The lowest BCUT2D eigenvalue weighted by atomic mass is 9.76. The first-order valence-corrected chi connectivity index (χ1v) is 17.4. The Labute approximate surface area is 276 Å². The van der Waals surface area contributed by atoms with Crippen LogP contribution in [0.4, 0.5) is 48.3 Å². The van der Waals surface area contributed by atoms with Gasteiger partial charge >= 0.3 is 24.2 Å². The molecule has 1 fully saturated rings. The normalized spacial score (nSPS) is 21.0. The zero-order chi connectivity index (χ0) is 37.5. The van der Waals surface area contributed by atoms with Gasteiger partial charge in [-0.3, -0.25) is 4.79 Å². The number of benzene rings is 2. The quantitative estimate of drug-likeness (QED) is 0.207. The summed E-state index contributed by atoms with van der Waals surface area (Å²) >= 11 is 0. The summed E-state index contributed by atoms with van der Waals surface area (Å²) in [6, 6.07) is 3.61. The largest absolute Gasteiger partial charge is 0.435 e. The summed E-state index contributed by atoms with van der Waals surface area (Å²) in [6.45, 7) is 0.354. The molecule has 2 aromatic carbocycles. The molecule has 3 atom stereocenters. The van der Waals surface area contributed by atoms with Gasteiger partial charge in [0.25, 0.3) is 0 Å². The molecule has 1 aliphatic carbocycles. The third-order valence-electron chi connectivity index (χ3n) is 9.12. The minimum Gasteiger partial charge on any atom is -0.337 e. The lowest BCUT2D eigenvalue weighted by Crippen LogP contribution is -2.54. The van der Waals surface area contributed by atoms with Crippen LogP contribution in [0.25, 0.3) is 0 Å². The number of aromatic nitrogens is 1. The molecule has 1 aliphatic heterocycles. The smallest absolute Gasteiger partial charge is 0.337 e. The maximum Gasteiger partial charge on any atom is 0.435 e. The summed E-state index contributed by atoms with van der Waals surface area (Å²) in [5, 5.41) is -2.98. The van der Waals surface area contributed by atoms with Gasteiger partial charge in [0.2, 0.25) is 15.7 Å². The number of nitrogens with zero attached hydrogens (tertiary/aromatic N) is 2. The van der Waals surface area contributed by atoms with E-state index in [4.69, 9.17) is 0 Å². The SMILES string of the molecule is CC(C(=O)N1CC[C@@]2(S(=O)(=O)c3ccc(F)cc3)c3ccc(C(F)(C(F)(F)F)C(F)(F)F)cc3CC[C@@H]12)S(=O)(=O)c1ccc(C(F)(F)F)cn1. The third kappa shape index (κ3) is 5.61. The molecule has 3 aromatic rings. The summed E-state index contributed by atoms with van der Waals surface area (Å²) in [6.07, 6.45) is -19.1. The molecule has 1 saturated heterocycles. The number of aryl methyl sites for hydroxylation is 1. The van der Waals surface area contributed by atoms with Crippen molar-refractivity contribution >= 4 is 25.6 Å². The van der Waals surface area contributed by atoms with Crippen molar-refractivity contribution in [2.24, 2.45) is 0 Å². The third-order valence-corrected chi connectivity index (χ3v) is 13.6. The predicted molar refractivity (Wildman–Crippen MR) is 151 cm³/mol. The average Bonchev–Trinajstić information content (AvgIpc) is 3.44.